The highest BCUT2D eigenvalue weighted by Crippen LogP contribution is 2.27. The Labute approximate surface area is 119 Å². The minimum atomic E-state index is -0.836. The lowest BCUT2D eigenvalue weighted by Crippen LogP contribution is -2.52. The Balaban J connectivity index is 2.34. The fourth-order valence-corrected chi connectivity index (χ4v) is 2.46. The van der Waals surface area contributed by atoms with E-state index < -0.39 is 12.0 Å². The van der Waals surface area contributed by atoms with E-state index in [9.17, 15) is 9.59 Å². The van der Waals surface area contributed by atoms with Gasteiger partial charge in [-0.05, 0) is 38.1 Å². The summed E-state index contributed by atoms with van der Waals surface area (Å²) >= 11 is 0. The zero-order chi connectivity index (χ0) is 14.7. The highest BCUT2D eigenvalue weighted by Gasteiger charge is 2.38. The van der Waals surface area contributed by atoms with Crippen LogP contribution >= 0.6 is 0 Å². The van der Waals surface area contributed by atoms with E-state index in [1.54, 1.807) is 24.9 Å². The second-order valence-electron chi connectivity index (χ2n) is 4.86. The third-order valence-corrected chi connectivity index (χ3v) is 3.65. The van der Waals surface area contributed by atoms with Gasteiger partial charge in [0.05, 0.1) is 6.61 Å². The van der Waals surface area contributed by atoms with Crippen LogP contribution in [0, 0.1) is 0 Å². The highest BCUT2D eigenvalue weighted by molar-refractivity contribution is 6.13. The van der Waals surface area contributed by atoms with Gasteiger partial charge < -0.3 is 4.74 Å². The summed E-state index contributed by atoms with van der Waals surface area (Å²) in [6.45, 7) is 4.00. The number of likely N-dealkylation sites (N-methyl/N-ethyl adjacent to an activating group) is 1. The SMILES string of the molecule is CCOC(=O)C1C(=O)C=C(c2ccccc2)C(C)N1C. The molecule has 0 radical (unpaired) electrons. The number of ether oxygens (including phenoxy) is 1. The molecule has 4 nitrogen and oxygen atoms in total. The molecule has 0 bridgehead atoms. The lowest BCUT2D eigenvalue weighted by atomic mass is 9.90. The Bertz CT molecular complexity index is 536. The first-order valence-corrected chi connectivity index (χ1v) is 6.75. The summed E-state index contributed by atoms with van der Waals surface area (Å²) < 4.78 is 4.98. The first kappa shape index (κ1) is 14.5. The largest absolute Gasteiger partial charge is 0.464 e. The second kappa shape index (κ2) is 6.01. The van der Waals surface area contributed by atoms with Gasteiger partial charge in [0.2, 0.25) is 0 Å². The van der Waals surface area contributed by atoms with Crippen molar-refractivity contribution in [3.63, 3.8) is 0 Å². The van der Waals surface area contributed by atoms with Gasteiger partial charge in [0, 0.05) is 6.04 Å². The molecule has 0 saturated carbocycles. The lowest BCUT2D eigenvalue weighted by molar-refractivity contribution is -0.152. The average Bonchev–Trinajstić information content (AvgIpc) is 2.44. The maximum atomic E-state index is 12.2. The van der Waals surface area contributed by atoms with E-state index in [4.69, 9.17) is 4.74 Å². The van der Waals surface area contributed by atoms with Crippen molar-refractivity contribution in [3.05, 3.63) is 42.0 Å². The summed E-state index contributed by atoms with van der Waals surface area (Å²) in [5, 5.41) is 0. The van der Waals surface area contributed by atoms with Crippen molar-refractivity contribution >= 4 is 17.3 Å². The number of rotatable bonds is 3. The summed E-state index contributed by atoms with van der Waals surface area (Å²) in [4.78, 5) is 25.9. The van der Waals surface area contributed by atoms with Crippen molar-refractivity contribution in [3.8, 4) is 0 Å². The summed E-state index contributed by atoms with van der Waals surface area (Å²) in [7, 11) is 1.78. The Morgan fingerprint density at radius 1 is 1.30 bits per heavy atom. The molecule has 2 atom stereocenters. The molecule has 2 rings (SSSR count). The van der Waals surface area contributed by atoms with E-state index in [0.29, 0.717) is 0 Å². The Kier molecular flexibility index (Phi) is 4.35. The molecule has 0 aromatic heterocycles. The molecule has 1 aliphatic rings. The standard InChI is InChI=1S/C16H19NO3/c1-4-20-16(19)15-14(18)10-13(11(2)17(15)3)12-8-6-5-7-9-12/h5-11,15H,4H2,1-3H3. The van der Waals surface area contributed by atoms with Crippen LogP contribution in [-0.2, 0) is 14.3 Å². The maximum absolute atomic E-state index is 12.2. The fraction of sp³-hybridized carbons (Fsp3) is 0.375. The van der Waals surface area contributed by atoms with Crippen LogP contribution in [-0.4, -0.2) is 42.4 Å². The van der Waals surface area contributed by atoms with Crippen molar-refractivity contribution < 1.29 is 14.3 Å². The molecule has 20 heavy (non-hydrogen) atoms. The summed E-state index contributed by atoms with van der Waals surface area (Å²) in [6.07, 6.45) is 1.57. The van der Waals surface area contributed by atoms with Gasteiger partial charge in [0.25, 0.3) is 0 Å². The molecule has 106 valence electrons. The zero-order valence-electron chi connectivity index (χ0n) is 12.0. The van der Waals surface area contributed by atoms with Crippen molar-refractivity contribution in [2.75, 3.05) is 13.7 Å². The predicted molar refractivity (Wildman–Crippen MR) is 77.1 cm³/mol. The van der Waals surface area contributed by atoms with Crippen LogP contribution < -0.4 is 0 Å². The Hall–Kier alpha value is -1.94. The molecule has 0 aliphatic carbocycles. The molecule has 2 unspecified atom stereocenters. The van der Waals surface area contributed by atoms with Gasteiger partial charge in [-0.3, -0.25) is 9.69 Å². The third kappa shape index (κ3) is 2.65. The number of ketones is 1. The van der Waals surface area contributed by atoms with E-state index >= 15 is 0 Å². The lowest BCUT2D eigenvalue weighted by Gasteiger charge is -2.35. The fourth-order valence-electron chi connectivity index (χ4n) is 2.46. The second-order valence-corrected chi connectivity index (χ2v) is 4.86. The summed E-state index contributed by atoms with van der Waals surface area (Å²) in [5.74, 6) is -0.696. The smallest absolute Gasteiger partial charge is 0.331 e. The molecule has 0 saturated heterocycles. The number of carbonyl (C=O) groups is 2. The minimum absolute atomic E-state index is 0.0236. The van der Waals surface area contributed by atoms with Crippen molar-refractivity contribution in [2.45, 2.75) is 25.9 Å². The highest BCUT2D eigenvalue weighted by atomic mass is 16.5. The monoisotopic (exact) mass is 273 g/mol. The van der Waals surface area contributed by atoms with Crippen LogP contribution in [0.5, 0.6) is 0 Å². The molecule has 0 spiro atoms. The van der Waals surface area contributed by atoms with Crippen LogP contribution in [0.3, 0.4) is 0 Å². The van der Waals surface area contributed by atoms with E-state index in [2.05, 4.69) is 0 Å². The molecular weight excluding hydrogens is 254 g/mol. The number of esters is 1. The van der Waals surface area contributed by atoms with Gasteiger partial charge >= 0.3 is 5.97 Å². The normalized spacial score (nSPS) is 23.4. The van der Waals surface area contributed by atoms with Crippen LogP contribution in [0.25, 0.3) is 5.57 Å². The van der Waals surface area contributed by atoms with Crippen LogP contribution in [0.2, 0.25) is 0 Å². The first-order valence-electron chi connectivity index (χ1n) is 6.75. The van der Waals surface area contributed by atoms with E-state index in [1.165, 1.54) is 0 Å². The zero-order valence-corrected chi connectivity index (χ0v) is 12.0. The predicted octanol–water partition coefficient (Wildman–Crippen LogP) is 1.90. The van der Waals surface area contributed by atoms with Gasteiger partial charge in [0.15, 0.2) is 11.8 Å². The van der Waals surface area contributed by atoms with E-state index in [1.807, 2.05) is 37.3 Å². The van der Waals surface area contributed by atoms with E-state index in [-0.39, 0.29) is 18.4 Å². The Morgan fingerprint density at radius 2 is 1.95 bits per heavy atom. The van der Waals surface area contributed by atoms with Gasteiger partial charge in [0.1, 0.15) is 0 Å². The Morgan fingerprint density at radius 3 is 2.55 bits per heavy atom. The van der Waals surface area contributed by atoms with Crippen LogP contribution in [0.1, 0.15) is 19.4 Å². The minimum Gasteiger partial charge on any atom is -0.464 e. The molecule has 1 aromatic carbocycles. The molecule has 1 aliphatic heterocycles. The average molecular weight is 273 g/mol. The third-order valence-electron chi connectivity index (χ3n) is 3.65. The molecular formula is C16H19NO3. The number of hydrogen-bond acceptors (Lipinski definition) is 4. The topological polar surface area (TPSA) is 46.6 Å². The maximum Gasteiger partial charge on any atom is 0.331 e. The number of nitrogens with zero attached hydrogens (tertiary/aromatic N) is 1. The summed E-state index contributed by atoms with van der Waals surface area (Å²) in [6, 6.07) is 8.88. The molecule has 4 heteroatoms. The summed E-state index contributed by atoms with van der Waals surface area (Å²) in [5.41, 5.74) is 1.93. The molecule has 0 amide bonds. The molecule has 1 heterocycles. The van der Waals surface area contributed by atoms with Crippen LogP contribution in [0.15, 0.2) is 36.4 Å². The number of hydrogen-bond donors (Lipinski definition) is 0. The number of carbonyl (C=O) groups excluding carboxylic acids is 2. The van der Waals surface area contributed by atoms with Gasteiger partial charge in [-0.1, -0.05) is 30.3 Å². The number of benzene rings is 1. The molecule has 0 fully saturated rings. The van der Waals surface area contributed by atoms with Crippen LogP contribution in [0.4, 0.5) is 0 Å². The van der Waals surface area contributed by atoms with Crippen molar-refractivity contribution in [2.24, 2.45) is 0 Å². The quantitative estimate of drug-likeness (QED) is 0.623. The van der Waals surface area contributed by atoms with Gasteiger partial charge in [-0.2, -0.15) is 0 Å². The molecule has 0 N–H and O–H groups in total. The van der Waals surface area contributed by atoms with Crippen molar-refractivity contribution in [1.29, 1.82) is 0 Å². The van der Waals surface area contributed by atoms with Gasteiger partial charge in [-0.15, -0.1) is 0 Å². The molecule has 1 aromatic rings. The van der Waals surface area contributed by atoms with Crippen molar-refractivity contribution in [1.82, 2.24) is 4.90 Å². The first-order chi connectivity index (χ1) is 9.56. The van der Waals surface area contributed by atoms with E-state index in [0.717, 1.165) is 11.1 Å². The van der Waals surface area contributed by atoms with Gasteiger partial charge in [-0.25, -0.2) is 4.79 Å².